The number of nitrogens with one attached hydrogen (secondary N) is 2. The summed E-state index contributed by atoms with van der Waals surface area (Å²) in [5.74, 6) is 0.886. The van der Waals surface area contributed by atoms with Crippen molar-refractivity contribution in [3.8, 4) is 0 Å². The van der Waals surface area contributed by atoms with Crippen LogP contribution in [0.15, 0.2) is 23.2 Å². The largest absolute Gasteiger partial charge is 0.355 e. The van der Waals surface area contributed by atoms with Crippen molar-refractivity contribution in [3.63, 3.8) is 0 Å². The van der Waals surface area contributed by atoms with E-state index in [1.54, 1.807) is 5.56 Å². The number of fused-ring (bicyclic) bond motifs is 1. The van der Waals surface area contributed by atoms with E-state index in [9.17, 15) is 0 Å². The highest BCUT2D eigenvalue weighted by Crippen LogP contribution is 2.24. The second-order valence-corrected chi connectivity index (χ2v) is 7.95. The van der Waals surface area contributed by atoms with Gasteiger partial charge in [-0.1, -0.05) is 18.2 Å². The number of nitrogens with zero attached hydrogens (tertiary/aromatic N) is 3. The topological polar surface area (TPSA) is 42.9 Å². The first-order chi connectivity index (χ1) is 12.6. The first-order valence-corrected chi connectivity index (χ1v) is 10.0. The molecule has 5 heteroatoms. The maximum Gasteiger partial charge on any atom is 0.191 e. The Morgan fingerprint density at radius 3 is 2.73 bits per heavy atom. The molecule has 2 N–H and O–H groups in total. The maximum atomic E-state index is 4.43. The van der Waals surface area contributed by atoms with Crippen LogP contribution in [0.2, 0.25) is 0 Å². The Morgan fingerprint density at radius 1 is 1.19 bits per heavy atom. The lowest BCUT2D eigenvalue weighted by Gasteiger charge is -2.38. The lowest BCUT2D eigenvalue weighted by Crippen LogP contribution is -2.55. The molecule has 1 fully saturated rings. The first-order valence-electron chi connectivity index (χ1n) is 10.0. The summed E-state index contributed by atoms with van der Waals surface area (Å²) in [6, 6.07) is 7.76. The lowest BCUT2D eigenvalue weighted by atomic mass is 9.89. The minimum Gasteiger partial charge on any atom is -0.355 e. The highest BCUT2D eigenvalue weighted by atomic mass is 15.3. The first kappa shape index (κ1) is 19.2. The molecule has 1 aromatic rings. The summed E-state index contributed by atoms with van der Waals surface area (Å²) in [4.78, 5) is 9.27. The number of guanidine groups is 1. The van der Waals surface area contributed by atoms with Crippen LogP contribution in [0.3, 0.4) is 0 Å². The van der Waals surface area contributed by atoms with E-state index in [2.05, 4.69) is 64.6 Å². The van der Waals surface area contributed by atoms with E-state index in [0.717, 1.165) is 32.1 Å². The summed E-state index contributed by atoms with van der Waals surface area (Å²) in [6.07, 6.45) is 5.13. The number of rotatable bonds is 4. The molecule has 1 heterocycles. The Bertz CT molecular complexity index is 627. The minimum absolute atomic E-state index is 0.250. The van der Waals surface area contributed by atoms with Crippen LogP contribution in [0.25, 0.3) is 0 Å². The van der Waals surface area contributed by atoms with Gasteiger partial charge in [0.05, 0.1) is 6.04 Å². The van der Waals surface area contributed by atoms with Gasteiger partial charge in [0.15, 0.2) is 5.96 Å². The van der Waals surface area contributed by atoms with Gasteiger partial charge in [0.2, 0.25) is 0 Å². The molecule has 5 nitrogen and oxygen atoms in total. The van der Waals surface area contributed by atoms with Crippen molar-refractivity contribution in [2.24, 2.45) is 4.99 Å². The second kappa shape index (κ2) is 8.87. The smallest absolute Gasteiger partial charge is 0.191 e. The third-order valence-electron chi connectivity index (χ3n) is 5.93. The van der Waals surface area contributed by atoms with Gasteiger partial charge in [-0.2, -0.15) is 0 Å². The Morgan fingerprint density at radius 2 is 1.96 bits per heavy atom. The van der Waals surface area contributed by atoms with Crippen molar-refractivity contribution in [2.45, 2.75) is 44.7 Å². The van der Waals surface area contributed by atoms with E-state index >= 15 is 0 Å². The molecule has 1 aromatic carbocycles. The molecular formula is C21H35N5. The summed E-state index contributed by atoms with van der Waals surface area (Å²) >= 11 is 0. The number of hydrogen-bond acceptors (Lipinski definition) is 3. The van der Waals surface area contributed by atoms with Crippen molar-refractivity contribution in [1.29, 1.82) is 0 Å². The molecule has 1 aliphatic heterocycles. The van der Waals surface area contributed by atoms with E-state index in [1.807, 2.05) is 7.05 Å². The third kappa shape index (κ3) is 4.77. The molecule has 2 unspecified atom stereocenters. The standard InChI is InChI=1S/C21H35N5/c1-16(18-10-9-17-7-5-6-8-19(17)13-18)24-21(22-2)23-14-20-15-25(3)11-12-26(20)4/h9-10,13,16,20H,5-8,11-12,14-15H2,1-4H3,(H2,22,23,24). The molecule has 2 atom stereocenters. The SMILES string of the molecule is CN=C(NCC1CN(C)CCN1C)NC(C)c1ccc2c(c1)CCCC2. The second-order valence-electron chi connectivity index (χ2n) is 7.95. The van der Waals surface area contributed by atoms with Crippen molar-refractivity contribution >= 4 is 5.96 Å². The molecule has 0 spiro atoms. The van der Waals surface area contributed by atoms with Crippen LogP contribution in [0.4, 0.5) is 0 Å². The summed E-state index contributed by atoms with van der Waals surface area (Å²) in [7, 11) is 6.27. The molecule has 1 aliphatic carbocycles. The molecule has 26 heavy (non-hydrogen) atoms. The molecule has 0 bridgehead atoms. The van der Waals surface area contributed by atoms with Crippen LogP contribution in [0, 0.1) is 0 Å². The Kier molecular flexibility index (Phi) is 6.54. The van der Waals surface area contributed by atoms with Gasteiger partial charge < -0.3 is 15.5 Å². The zero-order valence-corrected chi connectivity index (χ0v) is 16.9. The van der Waals surface area contributed by atoms with E-state index < -0.39 is 0 Å². The molecular weight excluding hydrogens is 322 g/mol. The minimum atomic E-state index is 0.250. The Labute approximate surface area is 158 Å². The van der Waals surface area contributed by atoms with E-state index in [4.69, 9.17) is 0 Å². The number of likely N-dealkylation sites (N-methyl/N-ethyl adjacent to an activating group) is 2. The number of hydrogen-bond donors (Lipinski definition) is 2. The van der Waals surface area contributed by atoms with Crippen LogP contribution >= 0.6 is 0 Å². The summed E-state index contributed by atoms with van der Waals surface area (Å²) < 4.78 is 0. The molecule has 0 saturated carbocycles. The van der Waals surface area contributed by atoms with Gasteiger partial charge in [-0.25, -0.2) is 0 Å². The fourth-order valence-electron chi connectivity index (χ4n) is 4.04. The van der Waals surface area contributed by atoms with Crippen molar-refractivity contribution < 1.29 is 0 Å². The zero-order chi connectivity index (χ0) is 18.5. The normalized spacial score (nSPS) is 23.4. The van der Waals surface area contributed by atoms with Gasteiger partial charge in [0, 0.05) is 39.3 Å². The van der Waals surface area contributed by atoms with Gasteiger partial charge in [-0.05, 0) is 63.4 Å². The van der Waals surface area contributed by atoms with Gasteiger partial charge in [-0.15, -0.1) is 0 Å². The number of aliphatic imine (C=N–C) groups is 1. The van der Waals surface area contributed by atoms with Gasteiger partial charge in [0.25, 0.3) is 0 Å². The summed E-state index contributed by atoms with van der Waals surface area (Å²) in [6.45, 7) is 6.51. The summed E-state index contributed by atoms with van der Waals surface area (Å²) in [5, 5.41) is 7.09. The van der Waals surface area contributed by atoms with Gasteiger partial charge >= 0.3 is 0 Å². The fraction of sp³-hybridized carbons (Fsp3) is 0.667. The average molecular weight is 358 g/mol. The van der Waals surface area contributed by atoms with E-state index in [1.165, 1.54) is 36.8 Å². The zero-order valence-electron chi connectivity index (χ0n) is 16.9. The molecule has 2 aliphatic rings. The van der Waals surface area contributed by atoms with E-state index in [-0.39, 0.29) is 6.04 Å². The highest BCUT2D eigenvalue weighted by molar-refractivity contribution is 5.80. The monoisotopic (exact) mass is 357 g/mol. The molecule has 0 aromatic heterocycles. The van der Waals surface area contributed by atoms with Crippen LogP contribution in [-0.2, 0) is 12.8 Å². The maximum absolute atomic E-state index is 4.43. The predicted octanol–water partition coefficient (Wildman–Crippen LogP) is 2.04. The lowest BCUT2D eigenvalue weighted by molar-refractivity contribution is 0.116. The quantitative estimate of drug-likeness (QED) is 0.639. The van der Waals surface area contributed by atoms with Gasteiger partial charge in [0.1, 0.15) is 0 Å². The number of benzene rings is 1. The fourth-order valence-corrected chi connectivity index (χ4v) is 4.04. The third-order valence-corrected chi connectivity index (χ3v) is 5.93. The molecule has 144 valence electrons. The molecule has 1 saturated heterocycles. The van der Waals surface area contributed by atoms with Crippen LogP contribution in [0.1, 0.15) is 42.5 Å². The van der Waals surface area contributed by atoms with Crippen LogP contribution in [0.5, 0.6) is 0 Å². The summed E-state index contributed by atoms with van der Waals surface area (Å²) in [5.41, 5.74) is 4.43. The van der Waals surface area contributed by atoms with Crippen molar-refractivity contribution in [2.75, 3.05) is 47.3 Å². The van der Waals surface area contributed by atoms with Crippen LogP contribution in [-0.4, -0.2) is 69.1 Å². The molecule has 0 radical (unpaired) electrons. The molecule has 0 amide bonds. The Hall–Kier alpha value is -1.59. The highest BCUT2D eigenvalue weighted by Gasteiger charge is 2.22. The van der Waals surface area contributed by atoms with Gasteiger partial charge in [-0.3, -0.25) is 9.89 Å². The van der Waals surface area contributed by atoms with Crippen molar-refractivity contribution in [1.82, 2.24) is 20.4 Å². The number of aryl methyl sites for hydroxylation is 2. The van der Waals surface area contributed by atoms with E-state index in [0.29, 0.717) is 6.04 Å². The number of piperazine rings is 1. The van der Waals surface area contributed by atoms with Crippen LogP contribution < -0.4 is 10.6 Å². The average Bonchev–Trinajstić information content (AvgIpc) is 2.66. The predicted molar refractivity (Wildman–Crippen MR) is 110 cm³/mol. The van der Waals surface area contributed by atoms with Crippen molar-refractivity contribution in [3.05, 3.63) is 34.9 Å². The Balaban J connectivity index is 1.56. The molecule has 3 rings (SSSR count).